The van der Waals surface area contributed by atoms with E-state index in [4.69, 9.17) is 9.72 Å². The lowest BCUT2D eigenvalue weighted by Crippen LogP contribution is -2.45. The molecule has 4 heterocycles. The van der Waals surface area contributed by atoms with E-state index in [-0.39, 0.29) is 11.9 Å². The molecule has 0 spiro atoms. The van der Waals surface area contributed by atoms with Gasteiger partial charge < -0.3 is 14.0 Å². The van der Waals surface area contributed by atoms with Crippen molar-refractivity contribution in [2.24, 2.45) is 5.92 Å². The van der Waals surface area contributed by atoms with Crippen molar-refractivity contribution in [3.05, 3.63) is 58.8 Å². The van der Waals surface area contributed by atoms with E-state index in [1.165, 1.54) is 11.1 Å². The predicted octanol–water partition coefficient (Wildman–Crippen LogP) is 4.93. The summed E-state index contributed by atoms with van der Waals surface area (Å²) in [7, 11) is 0. The van der Waals surface area contributed by atoms with Gasteiger partial charge in [0, 0.05) is 37.1 Å². The van der Waals surface area contributed by atoms with Crippen LogP contribution in [0.5, 0.6) is 5.75 Å². The summed E-state index contributed by atoms with van der Waals surface area (Å²) in [5.41, 5.74) is 5.72. The van der Waals surface area contributed by atoms with E-state index in [9.17, 15) is 4.79 Å². The number of aryl methyl sites for hydroxylation is 3. The number of imidazole rings is 1. The third-order valence-electron chi connectivity index (χ3n) is 6.30. The van der Waals surface area contributed by atoms with Crippen molar-refractivity contribution in [1.29, 1.82) is 0 Å². The Morgan fingerprint density at radius 2 is 1.97 bits per heavy atom. The van der Waals surface area contributed by atoms with Crippen LogP contribution in [-0.2, 0) is 6.42 Å². The van der Waals surface area contributed by atoms with Crippen LogP contribution < -0.4 is 4.74 Å². The number of aromatic nitrogens is 3. The molecule has 3 aromatic heterocycles. The van der Waals surface area contributed by atoms with Gasteiger partial charge in [0.1, 0.15) is 5.65 Å². The summed E-state index contributed by atoms with van der Waals surface area (Å²) in [6.07, 6.45) is 8.03. The maximum absolute atomic E-state index is 13.6. The lowest BCUT2D eigenvalue weighted by atomic mass is 9.97. The van der Waals surface area contributed by atoms with Gasteiger partial charge in [-0.3, -0.25) is 4.79 Å². The van der Waals surface area contributed by atoms with Crippen molar-refractivity contribution in [1.82, 2.24) is 19.3 Å². The number of likely N-dealkylation sites (tertiary alicyclic amines) is 1. The van der Waals surface area contributed by atoms with Crippen LogP contribution in [0.4, 0.5) is 0 Å². The van der Waals surface area contributed by atoms with Gasteiger partial charge in [-0.15, -0.1) is 0 Å². The Kier molecular flexibility index (Phi) is 6.49. The summed E-state index contributed by atoms with van der Waals surface area (Å²) >= 11 is 0. The monoisotopic (exact) mass is 434 g/mol. The molecular formula is C26H34N4O2. The molecule has 32 heavy (non-hydrogen) atoms. The van der Waals surface area contributed by atoms with Crippen LogP contribution in [0.1, 0.15) is 66.1 Å². The number of hydrogen-bond donors (Lipinski definition) is 0. The zero-order valence-corrected chi connectivity index (χ0v) is 19.9. The van der Waals surface area contributed by atoms with E-state index in [1.54, 1.807) is 0 Å². The zero-order valence-electron chi connectivity index (χ0n) is 19.9. The van der Waals surface area contributed by atoms with Gasteiger partial charge in [-0.25, -0.2) is 9.97 Å². The molecule has 0 aromatic carbocycles. The molecule has 1 aliphatic rings. The Morgan fingerprint density at radius 1 is 1.16 bits per heavy atom. The summed E-state index contributed by atoms with van der Waals surface area (Å²) in [5.74, 6) is 0.925. The number of carbonyl (C=O) groups is 1. The smallest absolute Gasteiger partial charge is 0.276 e. The Bertz CT molecular complexity index is 1120. The standard InChI is InChI=1S/C26H34N4O2/c1-17(2)16-32-23-10-9-19(4)27-24(23)26(31)30-12-7-6-8-22(30)14-21-15-29-13-11-18(3)20(5)25(29)28-21/h9-11,13,15,17,22H,6-8,12,14,16H2,1-5H3/t22-/m0/s1. The first-order valence-corrected chi connectivity index (χ1v) is 11.7. The van der Waals surface area contributed by atoms with Gasteiger partial charge in [-0.1, -0.05) is 13.8 Å². The van der Waals surface area contributed by atoms with Gasteiger partial charge in [0.25, 0.3) is 5.91 Å². The molecule has 4 rings (SSSR count). The zero-order chi connectivity index (χ0) is 22.8. The first kappa shape index (κ1) is 22.3. The molecule has 1 aliphatic heterocycles. The molecular weight excluding hydrogens is 400 g/mol. The van der Waals surface area contributed by atoms with Crippen LogP contribution in [0.2, 0.25) is 0 Å². The first-order chi connectivity index (χ1) is 15.3. The molecule has 1 atom stereocenters. The number of fused-ring (bicyclic) bond motifs is 1. The minimum atomic E-state index is -0.0343. The Hall–Kier alpha value is -2.89. The summed E-state index contributed by atoms with van der Waals surface area (Å²) < 4.78 is 8.05. The van der Waals surface area contributed by atoms with Crippen LogP contribution in [0.25, 0.3) is 5.65 Å². The van der Waals surface area contributed by atoms with Gasteiger partial charge in [0.2, 0.25) is 0 Å². The summed E-state index contributed by atoms with van der Waals surface area (Å²) in [5, 5.41) is 0. The second-order valence-corrected chi connectivity index (χ2v) is 9.44. The predicted molar refractivity (Wildman–Crippen MR) is 126 cm³/mol. The van der Waals surface area contributed by atoms with E-state index in [1.807, 2.05) is 24.0 Å². The number of nitrogens with zero attached hydrogens (tertiary/aromatic N) is 4. The lowest BCUT2D eigenvalue weighted by Gasteiger charge is -2.35. The van der Waals surface area contributed by atoms with Gasteiger partial charge >= 0.3 is 0 Å². The fourth-order valence-corrected chi connectivity index (χ4v) is 4.35. The molecule has 0 unspecified atom stereocenters. The number of pyridine rings is 2. The molecule has 170 valence electrons. The maximum atomic E-state index is 13.6. The normalized spacial score (nSPS) is 16.7. The Labute approximate surface area is 190 Å². The van der Waals surface area contributed by atoms with E-state index in [0.29, 0.717) is 24.0 Å². The van der Waals surface area contributed by atoms with Gasteiger partial charge in [0.15, 0.2) is 11.4 Å². The average molecular weight is 435 g/mol. The quantitative estimate of drug-likeness (QED) is 0.552. The number of rotatable bonds is 6. The van der Waals surface area contributed by atoms with Gasteiger partial charge in [0.05, 0.1) is 12.3 Å². The molecule has 0 saturated carbocycles. The van der Waals surface area contributed by atoms with E-state index < -0.39 is 0 Å². The lowest BCUT2D eigenvalue weighted by molar-refractivity contribution is 0.0600. The van der Waals surface area contributed by atoms with Crippen molar-refractivity contribution >= 4 is 11.6 Å². The van der Waals surface area contributed by atoms with Crippen LogP contribution in [0, 0.1) is 26.7 Å². The SMILES string of the molecule is Cc1ccc(OCC(C)C)c(C(=O)N2CCCC[C@H]2Cc2cn3ccc(C)c(C)c3n2)n1. The number of carbonyl (C=O) groups excluding carboxylic acids is 1. The van der Waals surface area contributed by atoms with Gasteiger partial charge in [-0.05, 0) is 75.3 Å². The Morgan fingerprint density at radius 3 is 2.75 bits per heavy atom. The molecule has 0 bridgehead atoms. The van der Waals surface area contributed by atoms with Crippen molar-refractivity contribution in [2.75, 3.05) is 13.2 Å². The summed E-state index contributed by atoms with van der Waals surface area (Å²) in [6.45, 7) is 11.6. The molecule has 0 aliphatic carbocycles. The molecule has 1 fully saturated rings. The highest BCUT2D eigenvalue weighted by atomic mass is 16.5. The molecule has 0 radical (unpaired) electrons. The van der Waals surface area contributed by atoms with Crippen molar-refractivity contribution < 1.29 is 9.53 Å². The van der Waals surface area contributed by atoms with E-state index in [0.717, 1.165) is 49.3 Å². The van der Waals surface area contributed by atoms with Crippen LogP contribution in [0.15, 0.2) is 30.6 Å². The van der Waals surface area contributed by atoms with Crippen molar-refractivity contribution in [3.8, 4) is 5.75 Å². The minimum absolute atomic E-state index is 0.0343. The first-order valence-electron chi connectivity index (χ1n) is 11.7. The largest absolute Gasteiger partial charge is 0.491 e. The Balaban J connectivity index is 1.59. The average Bonchev–Trinajstić information content (AvgIpc) is 3.18. The number of amides is 1. The third kappa shape index (κ3) is 4.64. The van der Waals surface area contributed by atoms with E-state index >= 15 is 0 Å². The topological polar surface area (TPSA) is 59.7 Å². The summed E-state index contributed by atoms with van der Waals surface area (Å²) in [4.78, 5) is 25.1. The number of hydrogen-bond acceptors (Lipinski definition) is 4. The summed E-state index contributed by atoms with van der Waals surface area (Å²) in [6, 6.07) is 6.01. The minimum Gasteiger partial charge on any atom is -0.491 e. The molecule has 1 amide bonds. The fraction of sp³-hybridized carbons (Fsp3) is 0.500. The van der Waals surface area contributed by atoms with E-state index in [2.05, 4.69) is 55.5 Å². The van der Waals surface area contributed by atoms with Crippen molar-refractivity contribution in [2.45, 2.75) is 66.3 Å². The molecule has 6 heteroatoms. The number of piperidine rings is 1. The third-order valence-corrected chi connectivity index (χ3v) is 6.30. The highest BCUT2D eigenvalue weighted by Crippen LogP contribution is 2.27. The highest BCUT2D eigenvalue weighted by molar-refractivity contribution is 5.95. The fourth-order valence-electron chi connectivity index (χ4n) is 4.35. The van der Waals surface area contributed by atoms with Crippen LogP contribution in [-0.4, -0.2) is 44.4 Å². The van der Waals surface area contributed by atoms with Crippen LogP contribution >= 0.6 is 0 Å². The maximum Gasteiger partial charge on any atom is 0.276 e. The second kappa shape index (κ2) is 9.31. The van der Waals surface area contributed by atoms with Crippen molar-refractivity contribution in [3.63, 3.8) is 0 Å². The van der Waals surface area contributed by atoms with Crippen LogP contribution in [0.3, 0.4) is 0 Å². The molecule has 1 saturated heterocycles. The highest BCUT2D eigenvalue weighted by Gasteiger charge is 2.31. The number of ether oxygens (including phenoxy) is 1. The molecule has 0 N–H and O–H groups in total. The van der Waals surface area contributed by atoms with Gasteiger partial charge in [-0.2, -0.15) is 0 Å². The molecule has 6 nitrogen and oxygen atoms in total. The second-order valence-electron chi connectivity index (χ2n) is 9.44. The molecule has 3 aromatic rings.